The minimum absolute atomic E-state index is 0. The maximum Gasteiger partial charge on any atom is 0.220 e. The van der Waals surface area contributed by atoms with E-state index in [9.17, 15) is 9.18 Å². The van der Waals surface area contributed by atoms with Gasteiger partial charge in [-0.15, -0.1) is 12.4 Å². The minimum atomic E-state index is -0.487. The van der Waals surface area contributed by atoms with E-state index in [1.807, 2.05) is 6.92 Å². The van der Waals surface area contributed by atoms with E-state index in [2.05, 4.69) is 10.6 Å². The molecule has 0 aromatic carbocycles. The van der Waals surface area contributed by atoms with Gasteiger partial charge in [-0.05, 0) is 19.5 Å². The highest BCUT2D eigenvalue weighted by Gasteiger charge is 1.98. The van der Waals surface area contributed by atoms with Crippen LogP contribution in [0.4, 0.5) is 4.39 Å². The topological polar surface area (TPSA) is 41.1 Å². The van der Waals surface area contributed by atoms with Gasteiger partial charge in [0.05, 0.1) is 0 Å². The highest BCUT2D eigenvalue weighted by molar-refractivity contribution is 5.85. The van der Waals surface area contributed by atoms with Gasteiger partial charge in [0.25, 0.3) is 0 Å². The molecule has 0 saturated carbocycles. The van der Waals surface area contributed by atoms with E-state index in [0.29, 0.717) is 6.42 Å². The Hall–Kier alpha value is -0.350. The van der Waals surface area contributed by atoms with Gasteiger partial charge in [0, 0.05) is 13.0 Å². The first-order valence-corrected chi connectivity index (χ1v) is 4.34. The van der Waals surface area contributed by atoms with Gasteiger partial charge in [0.1, 0.15) is 6.67 Å². The molecule has 0 unspecified atom stereocenters. The zero-order valence-corrected chi connectivity index (χ0v) is 8.75. The molecule has 0 rings (SSSR count). The normalized spacial score (nSPS) is 9.08. The van der Waals surface area contributed by atoms with Crippen LogP contribution in [0.1, 0.15) is 19.8 Å². The van der Waals surface area contributed by atoms with Gasteiger partial charge in [-0.2, -0.15) is 0 Å². The van der Waals surface area contributed by atoms with Gasteiger partial charge < -0.3 is 10.6 Å². The van der Waals surface area contributed by atoms with Gasteiger partial charge >= 0.3 is 0 Å². The number of halogens is 2. The van der Waals surface area contributed by atoms with Crippen molar-refractivity contribution in [2.75, 3.05) is 26.3 Å². The SMILES string of the molecule is CCNCCCC(=O)NCCF.Cl. The summed E-state index contributed by atoms with van der Waals surface area (Å²) in [5.41, 5.74) is 0. The molecule has 0 spiro atoms. The summed E-state index contributed by atoms with van der Waals surface area (Å²) in [5.74, 6) is -0.0643. The summed E-state index contributed by atoms with van der Waals surface area (Å²) in [5, 5.41) is 5.57. The van der Waals surface area contributed by atoms with E-state index in [-0.39, 0.29) is 24.9 Å². The van der Waals surface area contributed by atoms with Crippen molar-refractivity contribution in [2.45, 2.75) is 19.8 Å². The lowest BCUT2D eigenvalue weighted by Crippen LogP contribution is -2.26. The Morgan fingerprint density at radius 3 is 2.62 bits per heavy atom. The molecule has 0 heterocycles. The molecular formula is C8H18ClFN2O. The van der Waals surface area contributed by atoms with Crippen LogP contribution in [-0.4, -0.2) is 32.2 Å². The highest BCUT2D eigenvalue weighted by atomic mass is 35.5. The van der Waals surface area contributed by atoms with Gasteiger partial charge in [-0.1, -0.05) is 6.92 Å². The maximum absolute atomic E-state index is 11.6. The smallest absolute Gasteiger partial charge is 0.220 e. The number of rotatable bonds is 7. The van der Waals surface area contributed by atoms with Crippen LogP contribution in [0.2, 0.25) is 0 Å². The first-order valence-electron chi connectivity index (χ1n) is 4.34. The van der Waals surface area contributed by atoms with Crippen LogP contribution in [0.5, 0.6) is 0 Å². The van der Waals surface area contributed by atoms with Crippen LogP contribution in [0, 0.1) is 0 Å². The van der Waals surface area contributed by atoms with E-state index < -0.39 is 6.67 Å². The molecule has 0 bridgehead atoms. The second-order valence-electron chi connectivity index (χ2n) is 2.50. The number of carbonyl (C=O) groups excluding carboxylic acids is 1. The third kappa shape index (κ3) is 11.7. The van der Waals surface area contributed by atoms with E-state index in [0.717, 1.165) is 19.5 Å². The van der Waals surface area contributed by atoms with Crippen LogP contribution < -0.4 is 10.6 Å². The third-order valence-electron chi connectivity index (χ3n) is 1.42. The third-order valence-corrected chi connectivity index (χ3v) is 1.42. The molecule has 0 saturated heterocycles. The van der Waals surface area contributed by atoms with Crippen molar-refractivity contribution in [3.8, 4) is 0 Å². The van der Waals surface area contributed by atoms with E-state index in [1.165, 1.54) is 0 Å². The summed E-state index contributed by atoms with van der Waals surface area (Å²) < 4.78 is 11.6. The summed E-state index contributed by atoms with van der Waals surface area (Å²) in [6, 6.07) is 0. The summed E-state index contributed by atoms with van der Waals surface area (Å²) in [6.07, 6.45) is 1.29. The van der Waals surface area contributed by atoms with Crippen molar-refractivity contribution in [3.05, 3.63) is 0 Å². The Labute approximate surface area is 84.9 Å². The lowest BCUT2D eigenvalue weighted by atomic mass is 10.3. The first-order chi connectivity index (χ1) is 5.81. The number of nitrogens with one attached hydrogen (secondary N) is 2. The zero-order chi connectivity index (χ0) is 9.23. The van der Waals surface area contributed by atoms with E-state index >= 15 is 0 Å². The monoisotopic (exact) mass is 212 g/mol. The van der Waals surface area contributed by atoms with Gasteiger partial charge in [-0.3, -0.25) is 4.79 Å². The quantitative estimate of drug-likeness (QED) is 0.616. The number of amides is 1. The standard InChI is InChI=1S/C8H17FN2O.ClH/c1-2-10-6-3-4-8(12)11-7-5-9;/h10H,2-7H2,1H3,(H,11,12);1H. The molecular weight excluding hydrogens is 195 g/mol. The molecule has 13 heavy (non-hydrogen) atoms. The number of alkyl halides is 1. The predicted octanol–water partition coefficient (Wildman–Crippen LogP) is 0.884. The van der Waals surface area contributed by atoms with Gasteiger partial charge in [-0.25, -0.2) is 4.39 Å². The second kappa shape index (κ2) is 11.6. The van der Waals surface area contributed by atoms with Crippen molar-refractivity contribution in [1.29, 1.82) is 0 Å². The fourth-order valence-corrected chi connectivity index (χ4v) is 0.826. The van der Waals surface area contributed by atoms with Crippen LogP contribution in [0.25, 0.3) is 0 Å². The summed E-state index contributed by atoms with van der Waals surface area (Å²) in [7, 11) is 0. The number of hydrogen-bond acceptors (Lipinski definition) is 2. The summed E-state index contributed by atoms with van der Waals surface area (Å²) in [4.78, 5) is 10.9. The Bertz CT molecular complexity index is 125. The molecule has 80 valence electrons. The zero-order valence-electron chi connectivity index (χ0n) is 7.94. The summed E-state index contributed by atoms with van der Waals surface area (Å²) >= 11 is 0. The molecule has 0 atom stereocenters. The lowest BCUT2D eigenvalue weighted by Gasteiger charge is -2.02. The highest BCUT2D eigenvalue weighted by Crippen LogP contribution is 1.86. The molecule has 3 nitrogen and oxygen atoms in total. The minimum Gasteiger partial charge on any atom is -0.353 e. The average Bonchev–Trinajstić information content (AvgIpc) is 2.09. The Balaban J connectivity index is 0. The first kappa shape index (κ1) is 15.1. The molecule has 0 aliphatic carbocycles. The largest absolute Gasteiger partial charge is 0.353 e. The molecule has 1 amide bonds. The van der Waals surface area contributed by atoms with Gasteiger partial charge in [0.2, 0.25) is 5.91 Å². The fraction of sp³-hybridized carbons (Fsp3) is 0.875. The van der Waals surface area contributed by atoms with Crippen LogP contribution in [0.3, 0.4) is 0 Å². The molecule has 0 aliphatic rings. The number of carbonyl (C=O) groups is 1. The number of hydrogen-bond donors (Lipinski definition) is 2. The van der Waals surface area contributed by atoms with Crippen LogP contribution in [0.15, 0.2) is 0 Å². The van der Waals surface area contributed by atoms with Crippen molar-refractivity contribution >= 4 is 18.3 Å². The lowest BCUT2D eigenvalue weighted by molar-refractivity contribution is -0.121. The molecule has 0 aromatic rings. The van der Waals surface area contributed by atoms with E-state index in [1.54, 1.807) is 0 Å². The Morgan fingerprint density at radius 2 is 2.08 bits per heavy atom. The Morgan fingerprint density at radius 1 is 1.38 bits per heavy atom. The maximum atomic E-state index is 11.6. The van der Waals surface area contributed by atoms with E-state index in [4.69, 9.17) is 0 Å². The van der Waals surface area contributed by atoms with Crippen molar-refractivity contribution in [2.24, 2.45) is 0 Å². The molecule has 0 fully saturated rings. The van der Waals surface area contributed by atoms with Crippen molar-refractivity contribution in [1.82, 2.24) is 10.6 Å². The molecule has 5 heteroatoms. The molecule has 0 aromatic heterocycles. The Kier molecular flexibility index (Phi) is 13.6. The van der Waals surface area contributed by atoms with Crippen molar-refractivity contribution in [3.63, 3.8) is 0 Å². The van der Waals surface area contributed by atoms with Crippen molar-refractivity contribution < 1.29 is 9.18 Å². The van der Waals surface area contributed by atoms with Gasteiger partial charge in [0.15, 0.2) is 0 Å². The van der Waals surface area contributed by atoms with Crippen LogP contribution >= 0.6 is 12.4 Å². The second-order valence-corrected chi connectivity index (χ2v) is 2.50. The summed E-state index contributed by atoms with van der Waals surface area (Å²) in [6.45, 7) is 3.44. The predicted molar refractivity (Wildman–Crippen MR) is 54.0 cm³/mol. The molecule has 0 radical (unpaired) electrons. The van der Waals surface area contributed by atoms with Crippen LogP contribution in [-0.2, 0) is 4.79 Å². The molecule has 0 aliphatic heterocycles. The fourth-order valence-electron chi connectivity index (χ4n) is 0.826. The molecule has 2 N–H and O–H groups in total. The average molecular weight is 213 g/mol.